The summed E-state index contributed by atoms with van der Waals surface area (Å²) in [4.78, 5) is 15.3. The quantitative estimate of drug-likeness (QED) is 0.321. The van der Waals surface area contributed by atoms with Crippen LogP contribution in [-0.2, 0) is 22.6 Å². The van der Waals surface area contributed by atoms with Crippen molar-refractivity contribution in [2.45, 2.75) is 52.4 Å². The first-order valence-corrected chi connectivity index (χ1v) is 11.2. The molecule has 0 aromatic heterocycles. The summed E-state index contributed by atoms with van der Waals surface area (Å²) in [7, 11) is 0. The van der Waals surface area contributed by atoms with Crippen molar-refractivity contribution in [3.05, 3.63) is 96.1 Å². The second kappa shape index (κ2) is 9.13. The van der Waals surface area contributed by atoms with Crippen LogP contribution in [0.1, 0.15) is 38.8 Å². The van der Waals surface area contributed by atoms with E-state index in [1.807, 2.05) is 27.7 Å². The van der Waals surface area contributed by atoms with Gasteiger partial charge in [-0.3, -0.25) is 9.69 Å². The third-order valence-electron chi connectivity index (χ3n) is 5.80. The largest absolute Gasteiger partial charge is 0.459 e. The summed E-state index contributed by atoms with van der Waals surface area (Å²) < 4.78 is 5.75. The lowest BCUT2D eigenvalue weighted by molar-refractivity contribution is -0.161. The van der Waals surface area contributed by atoms with Crippen LogP contribution in [0.5, 0.6) is 0 Å². The maximum Gasteiger partial charge on any atom is 0.323 e. The van der Waals surface area contributed by atoms with E-state index >= 15 is 0 Å². The van der Waals surface area contributed by atoms with Crippen LogP contribution < -0.4 is 0 Å². The molecule has 0 bridgehead atoms. The molecule has 0 aliphatic heterocycles. The van der Waals surface area contributed by atoms with Gasteiger partial charge in [-0.25, -0.2) is 0 Å². The van der Waals surface area contributed by atoms with Gasteiger partial charge in [-0.2, -0.15) is 0 Å². The summed E-state index contributed by atoms with van der Waals surface area (Å²) in [5, 5.41) is 4.85. The Morgan fingerprint density at radius 1 is 0.750 bits per heavy atom. The molecule has 0 heterocycles. The van der Waals surface area contributed by atoms with E-state index in [-0.39, 0.29) is 12.0 Å². The Hall–Kier alpha value is -3.17. The topological polar surface area (TPSA) is 29.5 Å². The van der Waals surface area contributed by atoms with Gasteiger partial charge in [0.15, 0.2) is 0 Å². The first kappa shape index (κ1) is 22.0. The van der Waals surface area contributed by atoms with E-state index in [2.05, 4.69) is 89.8 Å². The van der Waals surface area contributed by atoms with Gasteiger partial charge in [-0.15, -0.1) is 0 Å². The van der Waals surface area contributed by atoms with E-state index in [1.165, 1.54) is 32.7 Å². The van der Waals surface area contributed by atoms with Crippen LogP contribution in [0, 0.1) is 0 Å². The molecular weight excluding hydrogens is 394 g/mol. The second-order valence-electron chi connectivity index (χ2n) is 9.39. The lowest BCUT2D eigenvalue weighted by Gasteiger charge is -2.31. The van der Waals surface area contributed by atoms with Gasteiger partial charge < -0.3 is 4.74 Å². The molecule has 0 aliphatic rings. The molecule has 4 aromatic rings. The van der Waals surface area contributed by atoms with Crippen LogP contribution in [-0.4, -0.2) is 22.5 Å². The van der Waals surface area contributed by atoms with Gasteiger partial charge in [0.1, 0.15) is 11.6 Å². The molecule has 0 aliphatic carbocycles. The van der Waals surface area contributed by atoms with Gasteiger partial charge in [-0.1, -0.05) is 84.9 Å². The van der Waals surface area contributed by atoms with Crippen LogP contribution in [0.4, 0.5) is 0 Å². The van der Waals surface area contributed by atoms with E-state index in [9.17, 15) is 4.79 Å². The molecule has 0 fully saturated rings. The van der Waals surface area contributed by atoms with Crippen molar-refractivity contribution in [3.8, 4) is 0 Å². The minimum atomic E-state index is -0.518. The molecule has 0 amide bonds. The standard InChI is InChI=1S/C29H31NO2/c1-21(28(31)32-29(2,3)4)30(19-24-15-9-13-22-11-5-7-17-26(22)24)20-25-16-10-14-23-12-6-8-18-27(23)25/h5-18,21H,19-20H2,1-4H3. The molecule has 1 atom stereocenters. The van der Waals surface area contributed by atoms with E-state index in [0.29, 0.717) is 13.1 Å². The molecule has 0 saturated heterocycles. The number of esters is 1. The Kier molecular flexibility index (Phi) is 6.29. The molecule has 0 spiro atoms. The minimum absolute atomic E-state index is 0.196. The van der Waals surface area contributed by atoms with Gasteiger partial charge in [0, 0.05) is 13.1 Å². The van der Waals surface area contributed by atoms with Crippen LogP contribution >= 0.6 is 0 Å². The van der Waals surface area contributed by atoms with E-state index in [0.717, 1.165) is 0 Å². The Morgan fingerprint density at radius 2 is 1.19 bits per heavy atom. The molecule has 164 valence electrons. The summed E-state index contributed by atoms with van der Waals surface area (Å²) in [6.45, 7) is 9.01. The number of hydrogen-bond donors (Lipinski definition) is 0. The fraction of sp³-hybridized carbons (Fsp3) is 0.276. The summed E-state index contributed by atoms with van der Waals surface area (Å²) in [5.41, 5.74) is 1.90. The van der Waals surface area contributed by atoms with Gasteiger partial charge in [0.2, 0.25) is 0 Å². The maximum atomic E-state index is 13.0. The molecular formula is C29H31NO2. The number of hydrogen-bond acceptors (Lipinski definition) is 3. The maximum absolute atomic E-state index is 13.0. The number of ether oxygens (including phenoxy) is 1. The van der Waals surface area contributed by atoms with Crippen molar-refractivity contribution >= 4 is 27.5 Å². The predicted octanol–water partition coefficient (Wildman–Crippen LogP) is 6.73. The molecule has 0 saturated carbocycles. The smallest absolute Gasteiger partial charge is 0.323 e. The fourth-order valence-corrected chi connectivity index (χ4v) is 4.16. The number of fused-ring (bicyclic) bond motifs is 2. The highest BCUT2D eigenvalue weighted by molar-refractivity contribution is 5.86. The third-order valence-corrected chi connectivity index (χ3v) is 5.80. The zero-order chi connectivity index (χ0) is 22.7. The van der Waals surface area contributed by atoms with Gasteiger partial charge in [-0.05, 0) is 60.4 Å². The summed E-state index contributed by atoms with van der Waals surface area (Å²) in [5.74, 6) is -0.196. The highest BCUT2D eigenvalue weighted by atomic mass is 16.6. The number of nitrogens with zero attached hydrogens (tertiary/aromatic N) is 1. The average Bonchev–Trinajstić information content (AvgIpc) is 2.77. The first-order valence-electron chi connectivity index (χ1n) is 11.2. The highest BCUT2D eigenvalue weighted by Gasteiger charge is 2.27. The Morgan fingerprint density at radius 3 is 1.66 bits per heavy atom. The molecule has 4 aromatic carbocycles. The van der Waals surface area contributed by atoms with Crippen LogP contribution in [0.2, 0.25) is 0 Å². The SMILES string of the molecule is CC(C(=O)OC(C)(C)C)N(Cc1cccc2ccccc12)Cc1cccc2ccccc12. The Bertz CT molecular complexity index is 1150. The zero-order valence-electron chi connectivity index (χ0n) is 19.3. The lowest BCUT2D eigenvalue weighted by atomic mass is 10.0. The van der Waals surface area contributed by atoms with E-state index in [4.69, 9.17) is 4.74 Å². The first-order chi connectivity index (χ1) is 15.3. The number of rotatable bonds is 6. The third kappa shape index (κ3) is 5.00. The zero-order valence-corrected chi connectivity index (χ0v) is 19.3. The van der Waals surface area contributed by atoms with Crippen molar-refractivity contribution in [1.29, 1.82) is 0 Å². The van der Waals surface area contributed by atoms with Gasteiger partial charge >= 0.3 is 5.97 Å². The highest BCUT2D eigenvalue weighted by Crippen LogP contribution is 2.25. The second-order valence-corrected chi connectivity index (χ2v) is 9.39. The van der Waals surface area contributed by atoms with Crippen LogP contribution in [0.25, 0.3) is 21.5 Å². The molecule has 3 nitrogen and oxygen atoms in total. The van der Waals surface area contributed by atoms with Crippen molar-refractivity contribution < 1.29 is 9.53 Å². The van der Waals surface area contributed by atoms with Crippen LogP contribution in [0.3, 0.4) is 0 Å². The number of benzene rings is 4. The number of carbonyl (C=O) groups excluding carboxylic acids is 1. The molecule has 32 heavy (non-hydrogen) atoms. The number of carbonyl (C=O) groups is 1. The van der Waals surface area contributed by atoms with Crippen molar-refractivity contribution in [2.75, 3.05) is 0 Å². The molecule has 3 heteroatoms. The molecule has 4 rings (SSSR count). The summed E-state index contributed by atoms with van der Waals surface area (Å²) >= 11 is 0. The normalized spacial score (nSPS) is 12.9. The van der Waals surface area contributed by atoms with E-state index < -0.39 is 5.60 Å². The summed E-state index contributed by atoms with van der Waals surface area (Å²) in [6.07, 6.45) is 0. The predicted molar refractivity (Wildman–Crippen MR) is 132 cm³/mol. The van der Waals surface area contributed by atoms with E-state index in [1.54, 1.807) is 0 Å². The van der Waals surface area contributed by atoms with Crippen LogP contribution in [0.15, 0.2) is 84.9 Å². The van der Waals surface area contributed by atoms with Crippen molar-refractivity contribution in [1.82, 2.24) is 4.90 Å². The Balaban J connectivity index is 1.71. The van der Waals surface area contributed by atoms with Gasteiger partial charge in [0.25, 0.3) is 0 Å². The summed E-state index contributed by atoms with van der Waals surface area (Å²) in [6, 6.07) is 29.2. The minimum Gasteiger partial charge on any atom is -0.459 e. The van der Waals surface area contributed by atoms with Crippen molar-refractivity contribution in [2.24, 2.45) is 0 Å². The monoisotopic (exact) mass is 425 g/mol. The molecule has 1 unspecified atom stereocenters. The molecule has 0 radical (unpaired) electrons. The fourth-order valence-electron chi connectivity index (χ4n) is 4.16. The Labute approximate surface area is 190 Å². The lowest BCUT2D eigenvalue weighted by Crippen LogP contribution is -2.42. The van der Waals surface area contributed by atoms with Gasteiger partial charge in [0.05, 0.1) is 0 Å². The molecule has 0 N–H and O–H groups in total. The van der Waals surface area contributed by atoms with Crippen molar-refractivity contribution in [3.63, 3.8) is 0 Å². The average molecular weight is 426 g/mol.